The van der Waals surface area contributed by atoms with Crippen molar-refractivity contribution in [3.05, 3.63) is 30.3 Å². The standard InChI is InChI=1S/C15H18N2O3/c1-10(2)16-9-15-17-8-14(20-15)11-3-4-12-13(7-11)19-6-5-18-12/h3-4,7-8,10,16H,5-6,9H2,1-2H3. The van der Waals surface area contributed by atoms with E-state index in [0.29, 0.717) is 31.7 Å². The summed E-state index contributed by atoms with van der Waals surface area (Å²) in [5, 5.41) is 3.28. The van der Waals surface area contributed by atoms with Crippen LogP contribution in [-0.4, -0.2) is 24.2 Å². The molecule has 1 aromatic carbocycles. The maximum absolute atomic E-state index is 5.74. The average molecular weight is 274 g/mol. The van der Waals surface area contributed by atoms with Gasteiger partial charge in [0.05, 0.1) is 12.7 Å². The van der Waals surface area contributed by atoms with Gasteiger partial charge in [-0.25, -0.2) is 4.98 Å². The predicted molar refractivity (Wildman–Crippen MR) is 74.9 cm³/mol. The molecular formula is C15H18N2O3. The fourth-order valence-corrected chi connectivity index (χ4v) is 2.01. The quantitative estimate of drug-likeness (QED) is 0.928. The van der Waals surface area contributed by atoms with E-state index in [1.54, 1.807) is 6.20 Å². The van der Waals surface area contributed by atoms with Crippen LogP contribution in [0.4, 0.5) is 0 Å². The fourth-order valence-electron chi connectivity index (χ4n) is 2.01. The number of benzene rings is 1. The van der Waals surface area contributed by atoms with E-state index < -0.39 is 0 Å². The van der Waals surface area contributed by atoms with Crippen LogP contribution in [0.5, 0.6) is 11.5 Å². The van der Waals surface area contributed by atoms with Gasteiger partial charge in [-0.2, -0.15) is 0 Å². The average Bonchev–Trinajstić information content (AvgIpc) is 2.93. The number of nitrogens with one attached hydrogen (secondary N) is 1. The van der Waals surface area contributed by atoms with Gasteiger partial charge in [0.15, 0.2) is 17.3 Å². The van der Waals surface area contributed by atoms with Crippen LogP contribution in [0.3, 0.4) is 0 Å². The van der Waals surface area contributed by atoms with Crippen LogP contribution >= 0.6 is 0 Å². The van der Waals surface area contributed by atoms with Crippen molar-refractivity contribution in [1.29, 1.82) is 0 Å². The van der Waals surface area contributed by atoms with Gasteiger partial charge in [0.25, 0.3) is 0 Å². The molecule has 20 heavy (non-hydrogen) atoms. The Balaban J connectivity index is 1.79. The lowest BCUT2D eigenvalue weighted by atomic mass is 10.1. The van der Waals surface area contributed by atoms with Crippen LogP contribution in [-0.2, 0) is 6.54 Å². The highest BCUT2D eigenvalue weighted by Gasteiger charge is 2.14. The Morgan fingerprint density at radius 2 is 2.00 bits per heavy atom. The molecule has 0 atom stereocenters. The molecule has 0 bridgehead atoms. The maximum Gasteiger partial charge on any atom is 0.208 e. The number of oxazole rings is 1. The van der Waals surface area contributed by atoms with E-state index in [0.717, 1.165) is 22.8 Å². The molecule has 0 unspecified atom stereocenters. The molecule has 0 fully saturated rings. The van der Waals surface area contributed by atoms with Gasteiger partial charge < -0.3 is 19.2 Å². The molecule has 0 aliphatic carbocycles. The first kappa shape index (κ1) is 13.0. The largest absolute Gasteiger partial charge is 0.486 e. The molecule has 0 saturated heterocycles. The van der Waals surface area contributed by atoms with Crippen LogP contribution in [0.15, 0.2) is 28.8 Å². The number of fused-ring (bicyclic) bond motifs is 1. The molecule has 0 spiro atoms. The third-order valence-corrected chi connectivity index (χ3v) is 3.04. The van der Waals surface area contributed by atoms with Crippen molar-refractivity contribution >= 4 is 0 Å². The maximum atomic E-state index is 5.74. The Morgan fingerprint density at radius 1 is 1.20 bits per heavy atom. The number of hydrogen-bond donors (Lipinski definition) is 1. The molecule has 3 rings (SSSR count). The van der Waals surface area contributed by atoms with Crippen LogP contribution < -0.4 is 14.8 Å². The topological polar surface area (TPSA) is 56.5 Å². The number of aromatic nitrogens is 1. The Morgan fingerprint density at radius 3 is 2.80 bits per heavy atom. The zero-order chi connectivity index (χ0) is 13.9. The van der Waals surface area contributed by atoms with Gasteiger partial charge >= 0.3 is 0 Å². The molecule has 0 saturated carbocycles. The minimum Gasteiger partial charge on any atom is -0.486 e. The Hall–Kier alpha value is -2.01. The van der Waals surface area contributed by atoms with E-state index in [9.17, 15) is 0 Å². The van der Waals surface area contributed by atoms with Crippen molar-refractivity contribution in [1.82, 2.24) is 10.3 Å². The number of rotatable bonds is 4. The first-order valence-corrected chi connectivity index (χ1v) is 6.80. The number of nitrogens with zero attached hydrogens (tertiary/aromatic N) is 1. The summed E-state index contributed by atoms with van der Waals surface area (Å²) in [5.74, 6) is 2.96. The van der Waals surface area contributed by atoms with E-state index in [4.69, 9.17) is 13.9 Å². The second kappa shape index (κ2) is 5.54. The molecule has 0 radical (unpaired) electrons. The SMILES string of the molecule is CC(C)NCc1ncc(-c2ccc3c(c2)OCCO3)o1. The molecule has 1 N–H and O–H groups in total. The lowest BCUT2D eigenvalue weighted by Gasteiger charge is -2.18. The van der Waals surface area contributed by atoms with Crippen LogP contribution in [0.1, 0.15) is 19.7 Å². The van der Waals surface area contributed by atoms with Gasteiger partial charge in [0.1, 0.15) is 13.2 Å². The van der Waals surface area contributed by atoms with Crippen molar-refractivity contribution in [2.75, 3.05) is 13.2 Å². The lowest BCUT2D eigenvalue weighted by molar-refractivity contribution is 0.171. The highest BCUT2D eigenvalue weighted by molar-refractivity contribution is 5.62. The highest BCUT2D eigenvalue weighted by Crippen LogP contribution is 2.34. The molecule has 5 nitrogen and oxygen atoms in total. The van der Waals surface area contributed by atoms with E-state index in [1.165, 1.54) is 0 Å². The first-order valence-electron chi connectivity index (χ1n) is 6.80. The molecule has 2 aromatic rings. The summed E-state index contributed by atoms with van der Waals surface area (Å²) in [6, 6.07) is 6.18. The van der Waals surface area contributed by atoms with Crippen LogP contribution in [0, 0.1) is 0 Å². The number of hydrogen-bond acceptors (Lipinski definition) is 5. The summed E-state index contributed by atoms with van der Waals surface area (Å²) in [5.41, 5.74) is 0.942. The molecule has 5 heteroatoms. The van der Waals surface area contributed by atoms with Gasteiger partial charge in [-0.1, -0.05) is 13.8 Å². The summed E-state index contributed by atoms with van der Waals surface area (Å²) >= 11 is 0. The molecule has 1 aliphatic heterocycles. The highest BCUT2D eigenvalue weighted by atomic mass is 16.6. The summed E-state index contributed by atoms with van der Waals surface area (Å²) in [6.45, 7) is 5.98. The molecule has 1 aromatic heterocycles. The minimum atomic E-state index is 0.402. The van der Waals surface area contributed by atoms with Crippen LogP contribution in [0.25, 0.3) is 11.3 Å². The normalized spacial score (nSPS) is 13.8. The predicted octanol–water partition coefficient (Wildman–Crippen LogP) is 2.61. The molecular weight excluding hydrogens is 256 g/mol. The Kier molecular flexibility index (Phi) is 3.60. The summed E-state index contributed by atoms with van der Waals surface area (Å²) in [4.78, 5) is 4.28. The zero-order valence-electron chi connectivity index (χ0n) is 11.7. The monoisotopic (exact) mass is 274 g/mol. The van der Waals surface area contributed by atoms with Crippen molar-refractivity contribution < 1.29 is 13.9 Å². The zero-order valence-corrected chi connectivity index (χ0v) is 11.7. The molecule has 2 heterocycles. The Bertz CT molecular complexity index is 593. The van der Waals surface area contributed by atoms with E-state index >= 15 is 0 Å². The second-order valence-corrected chi connectivity index (χ2v) is 5.01. The third-order valence-electron chi connectivity index (χ3n) is 3.04. The lowest BCUT2D eigenvalue weighted by Crippen LogP contribution is -2.21. The number of ether oxygens (including phenoxy) is 2. The Labute approximate surface area is 117 Å². The van der Waals surface area contributed by atoms with Crippen molar-refractivity contribution in [2.24, 2.45) is 0 Å². The van der Waals surface area contributed by atoms with Crippen molar-refractivity contribution in [3.8, 4) is 22.8 Å². The third kappa shape index (κ3) is 2.77. The van der Waals surface area contributed by atoms with Gasteiger partial charge in [-0.15, -0.1) is 0 Å². The van der Waals surface area contributed by atoms with Crippen molar-refractivity contribution in [2.45, 2.75) is 26.4 Å². The van der Waals surface area contributed by atoms with E-state index in [1.807, 2.05) is 18.2 Å². The minimum absolute atomic E-state index is 0.402. The summed E-state index contributed by atoms with van der Waals surface area (Å²) in [7, 11) is 0. The fraction of sp³-hybridized carbons (Fsp3) is 0.400. The summed E-state index contributed by atoms with van der Waals surface area (Å²) < 4.78 is 16.8. The summed E-state index contributed by atoms with van der Waals surface area (Å²) in [6.07, 6.45) is 1.74. The second-order valence-electron chi connectivity index (χ2n) is 5.01. The van der Waals surface area contributed by atoms with Crippen molar-refractivity contribution in [3.63, 3.8) is 0 Å². The van der Waals surface area contributed by atoms with Crippen LogP contribution in [0.2, 0.25) is 0 Å². The van der Waals surface area contributed by atoms with Gasteiger partial charge in [0.2, 0.25) is 5.89 Å². The van der Waals surface area contributed by atoms with Gasteiger partial charge in [-0.3, -0.25) is 0 Å². The molecule has 106 valence electrons. The first-order chi connectivity index (χ1) is 9.72. The van der Waals surface area contributed by atoms with E-state index in [2.05, 4.69) is 24.1 Å². The van der Waals surface area contributed by atoms with Gasteiger partial charge in [0, 0.05) is 11.6 Å². The van der Waals surface area contributed by atoms with Gasteiger partial charge in [-0.05, 0) is 18.2 Å². The van der Waals surface area contributed by atoms with E-state index in [-0.39, 0.29) is 0 Å². The molecule has 0 amide bonds. The smallest absolute Gasteiger partial charge is 0.208 e. The molecule has 1 aliphatic rings.